The molecule has 0 fully saturated rings. The summed E-state index contributed by atoms with van der Waals surface area (Å²) in [6.45, 7) is -3.09. The van der Waals surface area contributed by atoms with Gasteiger partial charge < -0.3 is 4.74 Å². The molecule has 0 spiro atoms. The summed E-state index contributed by atoms with van der Waals surface area (Å²) in [7, 11) is -6.70. The van der Waals surface area contributed by atoms with Crippen molar-refractivity contribution in [2.24, 2.45) is 0 Å². The van der Waals surface area contributed by atoms with E-state index in [2.05, 4.69) is 6.33 Å². The Bertz CT molecular complexity index is 9120. The second kappa shape index (κ2) is 28.4. The first kappa shape index (κ1) is 30.4. The molecule has 0 saturated carbocycles. The van der Waals surface area contributed by atoms with Gasteiger partial charge in [-0.2, -0.15) is 0 Å². The SMILES string of the molecule is [2H]c1c([2H])c([2H])c(-c2cnc(-n3c4ccccc4c4ccc(Oc5cccc(-n6[c-][n+](-c7c(-c8c([2H])c(-c9c([2H])c([2H])c([2H])c([2H])c9[2H])c([2H])c(-c9c([2H])c([2H])c([2H])c([2H])c9[2H])c8[2H])cccc7-c7c([2H])c(-c8c([2H])c([2H])c([2H])c([2H])c8[2H])c([2H])c(-c8c([2H])c([2H])c([2H])c([2H])c8[2H])c7[2H])c7ccc(-c8c([2H])c([2H])c([2H])c([Si](c9c([2H])c([2H])c([2H])c([2H])c9[2H])(c9c([2H])c([2H])c([2H])c([2H])c9[2H])c9c([2H])c([2H])c([2H])c([2H])c9[2H])c8[2H])cc76)c5)cc43)cc2C([2H])([2H])[2H])c([2H])c1[2H]. The van der Waals surface area contributed by atoms with Gasteiger partial charge in [-0.25, -0.2) is 4.98 Å². The predicted molar refractivity (Wildman–Crippen MR) is 454 cm³/mol. The van der Waals surface area contributed by atoms with Crippen molar-refractivity contribution in [3.05, 3.63) is 429 Å². The first-order chi connectivity index (χ1) is 75.9. The Hall–Kier alpha value is -14.0. The number of aryl methyl sites for hydroxylation is 1. The van der Waals surface area contributed by atoms with E-state index in [0.29, 0.717) is 16.3 Å². The minimum Gasteiger partial charge on any atom is -0.458 e. The van der Waals surface area contributed by atoms with Crippen molar-refractivity contribution < 1.29 is 82.0 Å². The Kier molecular flexibility index (Phi) is 7.94. The van der Waals surface area contributed by atoms with Crippen molar-refractivity contribution in [3.8, 4) is 118 Å². The third-order valence-electron chi connectivity index (χ3n) is 17.7. The molecule has 5 nitrogen and oxygen atoms in total. The molecular weight excluding hydrogens is 1340 g/mol. The fourth-order valence-electron chi connectivity index (χ4n) is 13.0. The Balaban J connectivity index is 0.999. The van der Waals surface area contributed by atoms with Gasteiger partial charge >= 0.3 is 0 Å². The average Bonchev–Trinajstić information content (AvgIpc) is 0.875. The number of hydrogen-bond acceptors (Lipinski definition) is 2. The fraction of sp³-hybridized carbons (Fsp3) is 0.00971. The van der Waals surface area contributed by atoms with Gasteiger partial charge in [-0.3, -0.25) is 13.7 Å². The predicted octanol–water partition coefficient (Wildman–Crippen LogP) is 23.0. The summed E-state index contributed by atoms with van der Waals surface area (Å²) in [5.74, 6) is -0.342. The van der Waals surface area contributed by atoms with Crippen LogP contribution >= 0.6 is 0 Å². The molecule has 3 heterocycles. The van der Waals surface area contributed by atoms with E-state index < -0.39 is 444 Å². The van der Waals surface area contributed by atoms with E-state index in [-0.39, 0.29) is 34.1 Å². The summed E-state index contributed by atoms with van der Waals surface area (Å²) < 4.78 is 512. The molecule has 109 heavy (non-hydrogen) atoms. The van der Waals surface area contributed by atoms with E-state index in [1.807, 2.05) is 0 Å². The van der Waals surface area contributed by atoms with Gasteiger partial charge in [-0.1, -0.05) is 320 Å². The number of fused-ring (bicyclic) bond motifs is 4. The maximum atomic E-state index is 11.1. The van der Waals surface area contributed by atoms with E-state index >= 15 is 0 Å². The Morgan fingerprint density at radius 3 is 1.36 bits per heavy atom. The maximum absolute atomic E-state index is 11.1. The molecule has 0 atom stereocenters. The number of pyridine rings is 1. The average molecular weight is 1460 g/mol. The zero-order valence-electron chi connectivity index (χ0n) is 109. The number of nitrogens with zero attached hydrogens (tertiary/aromatic N) is 4. The number of benzene rings is 16. The molecule has 0 unspecified atom stereocenters. The fourth-order valence-corrected chi connectivity index (χ4v) is 16.6. The quantitative estimate of drug-likeness (QED) is 0.0394. The molecule has 0 saturated heterocycles. The molecule has 0 N–H and O–H groups in total. The summed E-state index contributed by atoms with van der Waals surface area (Å²) in [6, 6.07) is -34.2. The first-order valence-electron chi connectivity index (χ1n) is 59.4. The lowest BCUT2D eigenvalue weighted by Crippen LogP contribution is -2.74. The van der Waals surface area contributed by atoms with Crippen LogP contribution in [0.1, 0.15) is 78.2 Å². The summed E-state index contributed by atoms with van der Waals surface area (Å²) in [5.41, 5.74) is -15.9. The molecule has 0 radical (unpaired) electrons. The molecular formula is C103H72N4OSi. The van der Waals surface area contributed by atoms with Crippen LogP contribution in [-0.4, -0.2) is 22.2 Å². The molecule has 3 aromatic heterocycles. The van der Waals surface area contributed by atoms with Crippen LogP contribution in [0.25, 0.3) is 139 Å². The number of para-hydroxylation sites is 2. The van der Waals surface area contributed by atoms with E-state index in [1.165, 1.54) is 36.4 Å². The largest absolute Gasteiger partial charge is 0.458 e. The smallest absolute Gasteiger partial charge is 0.269 e. The summed E-state index contributed by atoms with van der Waals surface area (Å²) in [6.07, 6.45) is 4.26. The van der Waals surface area contributed by atoms with Crippen LogP contribution < -0.4 is 30.1 Å². The summed E-state index contributed by atoms with van der Waals surface area (Å²) >= 11 is 0. The highest BCUT2D eigenvalue weighted by Gasteiger charge is 2.41. The van der Waals surface area contributed by atoms with Crippen LogP contribution in [0.4, 0.5) is 0 Å². The third kappa shape index (κ3) is 12.3. The van der Waals surface area contributed by atoms with Gasteiger partial charge in [0.15, 0.2) is 8.07 Å². The van der Waals surface area contributed by atoms with Crippen molar-refractivity contribution in [2.75, 3.05) is 0 Å². The number of aromatic nitrogens is 4. The van der Waals surface area contributed by atoms with Crippen LogP contribution in [-0.2, 0) is 0 Å². The Morgan fingerprint density at radius 2 is 0.817 bits per heavy atom. The zero-order chi connectivity index (χ0) is 119. The van der Waals surface area contributed by atoms with Crippen molar-refractivity contribution >= 4 is 61.7 Å². The lowest BCUT2D eigenvalue weighted by atomic mass is 9.89. The standard InChI is InChI=1S/C103H72N4OSi/c1-72-59-102(104-70-97(72)77-39-18-6-19-40-77)107-98-54-27-26-51-95(98)96-57-56-88(69-100(96)107)108-87-43-29-42-86(68-87)105-71-106(99-58-55-79(67-101(99)105)78-41-28-50-92(66-78)109(89-44-20-7-21-45-89,90-46-22-8-23-47-90)91-48-24-9-25-49-91)103-93(84-62-80(73-31-10-2-11-32-73)60-81(63-84)74-33-12-3-13-34-74)52-30-53-94(103)85-64-82(75-35-14-4-15-36-75)61-83(65-85)76-37-16-5-17-38-76/h2-70H,1H3/i1D3,2D,3D,4D,5D,6D,7D,8D,9D,10D,11D,12D,13D,14D,15D,16D,17D,18D,19D,20D,21D,22D,23D,24D,25D,28D,31D,32D,33D,34D,35D,36D,37D,38D,39D,40D,41D,44D,45D,46D,47D,48D,49D,50D,60D,61D,62D,63D,64D,65D,66D. The zero-order valence-corrected chi connectivity index (χ0v) is 56.7. The van der Waals surface area contributed by atoms with Crippen molar-refractivity contribution in [1.82, 2.24) is 14.1 Å². The van der Waals surface area contributed by atoms with Gasteiger partial charge in [0.1, 0.15) is 17.3 Å². The number of hydrogen-bond donors (Lipinski definition) is 0. The summed E-state index contributed by atoms with van der Waals surface area (Å²) in [5, 5.41) is -3.98. The molecule has 0 bridgehead atoms. The van der Waals surface area contributed by atoms with Gasteiger partial charge in [0.2, 0.25) is 0 Å². The van der Waals surface area contributed by atoms with Crippen molar-refractivity contribution in [3.63, 3.8) is 0 Å². The Morgan fingerprint density at radius 1 is 0.349 bits per heavy atom. The number of rotatable bonds is 17. The lowest BCUT2D eigenvalue weighted by molar-refractivity contribution is -0.571. The van der Waals surface area contributed by atoms with E-state index in [4.69, 9.17) is 41.2 Å². The lowest BCUT2D eigenvalue weighted by Gasteiger charge is -2.34. The number of imidazole rings is 1. The highest BCUT2D eigenvalue weighted by molar-refractivity contribution is 7.20. The minimum atomic E-state index is -6.70. The molecule has 19 aromatic rings. The molecule has 19 rings (SSSR count). The van der Waals surface area contributed by atoms with Crippen LogP contribution in [0.5, 0.6) is 11.5 Å². The van der Waals surface area contributed by atoms with Crippen LogP contribution in [0, 0.1) is 13.2 Å². The van der Waals surface area contributed by atoms with Gasteiger partial charge in [-0.05, 0) is 201 Å². The molecule has 0 amide bonds. The van der Waals surface area contributed by atoms with E-state index in [1.54, 1.807) is 34.9 Å². The summed E-state index contributed by atoms with van der Waals surface area (Å²) in [4.78, 5) is 4.69. The topological polar surface area (TPSA) is 35.9 Å². The Labute approximate surface area is 710 Å². The molecule has 0 aliphatic rings. The van der Waals surface area contributed by atoms with Gasteiger partial charge in [-0.15, -0.1) is 0 Å². The molecule has 514 valence electrons. The van der Waals surface area contributed by atoms with E-state index in [9.17, 15) is 41.1 Å². The third-order valence-corrected chi connectivity index (χ3v) is 21.7. The molecule has 16 aromatic carbocycles. The molecule has 0 aliphatic carbocycles. The molecule has 0 aliphatic heterocycles. The minimum absolute atomic E-state index is 0.0573. The van der Waals surface area contributed by atoms with Crippen LogP contribution in [0.15, 0.2) is 418 Å². The van der Waals surface area contributed by atoms with Gasteiger partial charge in [0.25, 0.3) is 6.33 Å². The normalized spacial score (nSPS) is 18.5. The highest BCUT2D eigenvalue weighted by Crippen LogP contribution is 2.43. The van der Waals surface area contributed by atoms with Crippen molar-refractivity contribution in [2.45, 2.75) is 6.85 Å². The monoisotopic (exact) mass is 1460 g/mol. The second-order valence-electron chi connectivity index (χ2n) is 23.9. The maximum Gasteiger partial charge on any atom is 0.269 e. The van der Waals surface area contributed by atoms with Gasteiger partial charge in [0.05, 0.1) is 102 Å². The van der Waals surface area contributed by atoms with Crippen molar-refractivity contribution in [1.29, 1.82) is 0 Å². The molecule has 6 heteroatoms. The van der Waals surface area contributed by atoms with Crippen LogP contribution in [0.3, 0.4) is 0 Å². The van der Waals surface area contributed by atoms with E-state index in [0.717, 1.165) is 57.8 Å². The second-order valence-corrected chi connectivity index (χ2v) is 27.4. The van der Waals surface area contributed by atoms with Gasteiger partial charge in [0, 0.05) is 32.7 Å². The van der Waals surface area contributed by atoms with Crippen LogP contribution in [0.2, 0.25) is 0 Å². The number of ether oxygens (including phenoxy) is 1. The first-order valence-corrected chi connectivity index (χ1v) is 34.9. The highest BCUT2D eigenvalue weighted by atomic mass is 28.3.